The highest BCUT2D eigenvalue weighted by atomic mass is 35.5. The second-order valence-electron chi connectivity index (χ2n) is 3.89. The normalized spacial score (nSPS) is 10.8. The van der Waals surface area contributed by atoms with Gasteiger partial charge in [-0.15, -0.1) is 5.10 Å². The van der Waals surface area contributed by atoms with Crippen LogP contribution in [0.3, 0.4) is 0 Å². The largest absolute Gasteiger partial charge is 0.484 e. The number of tetrazole rings is 1. The molecule has 0 aliphatic carbocycles. The van der Waals surface area contributed by atoms with Crippen LogP contribution in [0, 0.1) is 0 Å². The van der Waals surface area contributed by atoms with Crippen molar-refractivity contribution in [3.8, 4) is 5.75 Å². The molecule has 20 heavy (non-hydrogen) atoms. The van der Waals surface area contributed by atoms with Gasteiger partial charge in [0.15, 0.2) is 11.6 Å². The smallest absolute Gasteiger partial charge is 0.272 e. The molecule has 0 aliphatic rings. The minimum Gasteiger partial charge on any atom is -0.484 e. The summed E-state index contributed by atoms with van der Waals surface area (Å²) in [5.74, 6) is 0.773. The summed E-state index contributed by atoms with van der Waals surface area (Å²) >= 11 is 5.95. The summed E-state index contributed by atoms with van der Waals surface area (Å²) in [4.78, 5) is 0. The Morgan fingerprint density at radius 2 is 2.25 bits per heavy atom. The van der Waals surface area contributed by atoms with Gasteiger partial charge in [0, 0.05) is 7.05 Å². The van der Waals surface area contributed by atoms with Gasteiger partial charge in [-0.1, -0.05) is 17.7 Å². The minimum atomic E-state index is -2.57. The minimum absolute atomic E-state index is 0.185. The molecule has 0 saturated carbocycles. The first-order valence-electron chi connectivity index (χ1n) is 5.72. The molecule has 0 amide bonds. The van der Waals surface area contributed by atoms with E-state index in [1.807, 2.05) is 0 Å². The molecule has 108 valence electrons. The van der Waals surface area contributed by atoms with Crippen molar-refractivity contribution in [2.45, 2.75) is 13.0 Å². The van der Waals surface area contributed by atoms with Crippen LogP contribution in [0.15, 0.2) is 18.2 Å². The molecule has 1 heterocycles. The first-order valence-corrected chi connectivity index (χ1v) is 6.10. The molecular weight excluding hydrogens is 292 g/mol. The molecule has 1 aromatic carbocycles. The van der Waals surface area contributed by atoms with Crippen LogP contribution in [0.25, 0.3) is 0 Å². The standard InChI is InChI=1S/C11H12ClF2N5O/c1-19-10(16-17-18-19)5-15-8-4-2-3-7(12)11(8)20-6-9(13)14/h2-4,9,15H,5-6H2,1H3. The van der Waals surface area contributed by atoms with Crippen molar-refractivity contribution in [2.24, 2.45) is 7.05 Å². The predicted octanol–water partition coefficient (Wildman–Crippen LogP) is 2.12. The van der Waals surface area contributed by atoms with Gasteiger partial charge in [-0.05, 0) is 22.6 Å². The van der Waals surface area contributed by atoms with Crippen LogP contribution in [0.5, 0.6) is 5.75 Å². The number of aryl methyl sites for hydroxylation is 1. The van der Waals surface area contributed by atoms with Crippen LogP contribution >= 0.6 is 11.6 Å². The maximum absolute atomic E-state index is 12.2. The number of anilines is 1. The molecule has 1 N–H and O–H groups in total. The fraction of sp³-hybridized carbons (Fsp3) is 0.364. The fourth-order valence-corrected chi connectivity index (χ4v) is 1.74. The Balaban J connectivity index is 2.10. The lowest BCUT2D eigenvalue weighted by Gasteiger charge is -2.14. The molecule has 0 aliphatic heterocycles. The molecule has 0 unspecified atom stereocenters. The third-order valence-corrected chi connectivity index (χ3v) is 2.76. The van der Waals surface area contributed by atoms with Gasteiger partial charge in [0.2, 0.25) is 0 Å². The zero-order chi connectivity index (χ0) is 14.5. The third-order valence-electron chi connectivity index (χ3n) is 2.47. The van der Waals surface area contributed by atoms with Crippen molar-refractivity contribution in [3.05, 3.63) is 29.0 Å². The van der Waals surface area contributed by atoms with Gasteiger partial charge in [-0.3, -0.25) is 0 Å². The van der Waals surface area contributed by atoms with Crippen molar-refractivity contribution in [3.63, 3.8) is 0 Å². The van der Waals surface area contributed by atoms with Crippen molar-refractivity contribution in [1.29, 1.82) is 0 Å². The second kappa shape index (κ2) is 6.47. The first-order chi connectivity index (χ1) is 9.58. The number of nitrogens with zero attached hydrogens (tertiary/aromatic N) is 4. The summed E-state index contributed by atoms with van der Waals surface area (Å²) in [5.41, 5.74) is 0.501. The van der Waals surface area contributed by atoms with E-state index < -0.39 is 13.0 Å². The van der Waals surface area contributed by atoms with Crippen LogP contribution in [0.1, 0.15) is 5.82 Å². The SMILES string of the molecule is Cn1nnnc1CNc1cccc(Cl)c1OCC(F)F. The van der Waals surface area contributed by atoms with E-state index in [9.17, 15) is 8.78 Å². The lowest BCUT2D eigenvalue weighted by atomic mass is 10.3. The molecular formula is C11H12ClF2N5O. The van der Waals surface area contributed by atoms with Gasteiger partial charge in [0.25, 0.3) is 6.43 Å². The number of nitrogens with one attached hydrogen (secondary N) is 1. The van der Waals surface area contributed by atoms with Crippen molar-refractivity contribution >= 4 is 17.3 Å². The van der Waals surface area contributed by atoms with Crippen LogP contribution in [0.4, 0.5) is 14.5 Å². The van der Waals surface area contributed by atoms with Crippen LogP contribution in [0.2, 0.25) is 5.02 Å². The van der Waals surface area contributed by atoms with Crippen molar-refractivity contribution in [2.75, 3.05) is 11.9 Å². The monoisotopic (exact) mass is 303 g/mol. The predicted molar refractivity (Wildman–Crippen MR) is 69.1 cm³/mol. The number of benzene rings is 1. The topological polar surface area (TPSA) is 64.9 Å². The highest BCUT2D eigenvalue weighted by molar-refractivity contribution is 6.32. The van der Waals surface area contributed by atoms with E-state index in [-0.39, 0.29) is 10.8 Å². The van der Waals surface area contributed by atoms with Gasteiger partial charge in [-0.2, -0.15) is 0 Å². The second-order valence-corrected chi connectivity index (χ2v) is 4.30. The number of aromatic nitrogens is 4. The molecule has 1 aromatic heterocycles. The quantitative estimate of drug-likeness (QED) is 0.885. The number of rotatable bonds is 6. The molecule has 2 rings (SSSR count). The summed E-state index contributed by atoms with van der Waals surface area (Å²) in [6.45, 7) is -0.404. The Morgan fingerprint density at radius 1 is 1.45 bits per heavy atom. The van der Waals surface area contributed by atoms with E-state index in [1.54, 1.807) is 25.2 Å². The molecule has 2 aromatic rings. The Bertz CT molecular complexity index is 578. The van der Waals surface area contributed by atoms with Gasteiger partial charge in [0.05, 0.1) is 17.3 Å². The maximum Gasteiger partial charge on any atom is 0.272 e. The summed E-state index contributed by atoms with van der Waals surface area (Å²) in [5, 5.41) is 14.2. The zero-order valence-corrected chi connectivity index (χ0v) is 11.3. The van der Waals surface area contributed by atoms with E-state index in [4.69, 9.17) is 16.3 Å². The number of ether oxygens (including phenoxy) is 1. The number of hydrogen-bond acceptors (Lipinski definition) is 5. The molecule has 0 fully saturated rings. The number of para-hydroxylation sites is 1. The summed E-state index contributed by atoms with van der Waals surface area (Å²) in [6.07, 6.45) is -2.57. The number of halogens is 3. The average molecular weight is 304 g/mol. The maximum atomic E-state index is 12.2. The van der Waals surface area contributed by atoms with E-state index >= 15 is 0 Å². The summed E-state index contributed by atoms with van der Waals surface area (Å²) in [7, 11) is 1.70. The van der Waals surface area contributed by atoms with Crippen LogP contribution in [-0.2, 0) is 13.6 Å². The lowest BCUT2D eigenvalue weighted by molar-refractivity contribution is 0.0823. The van der Waals surface area contributed by atoms with Crippen molar-refractivity contribution in [1.82, 2.24) is 20.2 Å². The van der Waals surface area contributed by atoms with E-state index in [0.717, 1.165) is 0 Å². The third kappa shape index (κ3) is 3.53. The highest BCUT2D eigenvalue weighted by Crippen LogP contribution is 2.33. The highest BCUT2D eigenvalue weighted by Gasteiger charge is 2.12. The molecule has 6 nitrogen and oxygen atoms in total. The Hall–Kier alpha value is -1.96. The van der Waals surface area contributed by atoms with Gasteiger partial charge in [-0.25, -0.2) is 13.5 Å². The molecule has 0 bridgehead atoms. The zero-order valence-electron chi connectivity index (χ0n) is 10.6. The lowest BCUT2D eigenvalue weighted by Crippen LogP contribution is -2.11. The average Bonchev–Trinajstić information content (AvgIpc) is 2.80. The van der Waals surface area contributed by atoms with Crippen LogP contribution < -0.4 is 10.1 Å². The molecule has 9 heteroatoms. The van der Waals surface area contributed by atoms with Crippen LogP contribution in [-0.4, -0.2) is 33.2 Å². The first kappa shape index (κ1) is 14.4. The van der Waals surface area contributed by atoms with E-state index in [0.29, 0.717) is 18.1 Å². The number of hydrogen-bond donors (Lipinski definition) is 1. The molecule has 0 radical (unpaired) electrons. The van der Waals surface area contributed by atoms with E-state index in [1.165, 1.54) is 4.68 Å². The van der Waals surface area contributed by atoms with Crippen molar-refractivity contribution < 1.29 is 13.5 Å². The van der Waals surface area contributed by atoms with Gasteiger partial charge >= 0.3 is 0 Å². The van der Waals surface area contributed by atoms with Gasteiger partial charge in [0.1, 0.15) is 6.61 Å². The Labute approximate surface area is 118 Å². The fourth-order valence-electron chi connectivity index (χ4n) is 1.51. The number of alkyl halides is 2. The van der Waals surface area contributed by atoms with Gasteiger partial charge < -0.3 is 10.1 Å². The Kier molecular flexibility index (Phi) is 4.67. The summed E-state index contributed by atoms with van der Waals surface area (Å²) < 4.78 is 31.0. The van der Waals surface area contributed by atoms with E-state index in [2.05, 4.69) is 20.8 Å². The molecule has 0 spiro atoms. The Morgan fingerprint density at radius 3 is 2.90 bits per heavy atom. The summed E-state index contributed by atoms with van der Waals surface area (Å²) in [6, 6.07) is 4.93. The molecule has 0 saturated heterocycles. The molecule has 0 atom stereocenters.